The summed E-state index contributed by atoms with van der Waals surface area (Å²) in [5, 5.41) is 10.1. The maximum atomic E-state index is 13.7. The van der Waals surface area contributed by atoms with Crippen LogP contribution in [-0.2, 0) is 23.8 Å². The van der Waals surface area contributed by atoms with Crippen molar-refractivity contribution in [3.8, 4) is 0 Å². The van der Waals surface area contributed by atoms with E-state index in [1.165, 1.54) is 7.11 Å². The molecular formula is C44H62N4O5S2. The summed E-state index contributed by atoms with van der Waals surface area (Å²) in [7, 11) is 1.36. The molecular weight excluding hydrogens is 729 g/mol. The third kappa shape index (κ3) is 12.8. The van der Waals surface area contributed by atoms with Crippen LogP contribution in [0.25, 0.3) is 0 Å². The summed E-state index contributed by atoms with van der Waals surface area (Å²) in [4.78, 5) is 41.8. The van der Waals surface area contributed by atoms with Crippen molar-refractivity contribution in [2.75, 3.05) is 44.5 Å². The quantitative estimate of drug-likeness (QED) is 0.0793. The molecule has 0 radical (unpaired) electrons. The highest BCUT2D eigenvalue weighted by Gasteiger charge is 2.39. The number of hydrogen-bond acceptors (Lipinski definition) is 9. The molecule has 9 nitrogen and oxygen atoms in total. The average Bonchev–Trinajstić information content (AvgIpc) is 3.66. The number of rotatable bonds is 20. The molecule has 4 rings (SSSR count). The number of alkyl carbamates (subject to hydrolysis) is 1. The molecule has 300 valence electrons. The van der Waals surface area contributed by atoms with Crippen molar-refractivity contribution in [3.63, 3.8) is 0 Å². The molecule has 0 unspecified atom stereocenters. The molecule has 1 aliphatic heterocycles. The lowest BCUT2D eigenvalue weighted by Crippen LogP contribution is -2.55. The number of likely N-dealkylation sites (tertiary alicyclic amines) is 1. The highest BCUT2D eigenvalue weighted by atomic mass is 32.2. The summed E-state index contributed by atoms with van der Waals surface area (Å²) in [6.45, 7) is 12.0. The molecule has 11 heteroatoms. The number of amides is 2. The second kappa shape index (κ2) is 21.7. The summed E-state index contributed by atoms with van der Waals surface area (Å²) in [6, 6.07) is 30.4. The molecule has 1 aliphatic rings. The van der Waals surface area contributed by atoms with E-state index in [2.05, 4.69) is 107 Å². The molecule has 0 aliphatic carbocycles. The Hall–Kier alpha value is -3.51. The predicted octanol–water partition coefficient (Wildman–Crippen LogP) is 7.48. The zero-order chi connectivity index (χ0) is 39.8. The normalized spacial score (nSPS) is 17.1. The SMILES string of the molecule is CC[C@H](C)[C@@H](CN1CCC[C@H]1C(=O)N[C@@H](CCSC)C(=O)OC)NC[C@H](CSC(c1ccccc1)(c1ccccc1)c1ccccc1)NC(=O)OC(C)(C)C. The van der Waals surface area contributed by atoms with Crippen LogP contribution in [0.15, 0.2) is 91.0 Å². The van der Waals surface area contributed by atoms with Crippen molar-refractivity contribution in [2.45, 2.75) is 94.8 Å². The van der Waals surface area contributed by atoms with Crippen LogP contribution in [-0.4, -0.2) is 97.1 Å². The highest BCUT2D eigenvalue weighted by Crippen LogP contribution is 2.48. The van der Waals surface area contributed by atoms with Crippen LogP contribution in [0.3, 0.4) is 0 Å². The largest absolute Gasteiger partial charge is 0.467 e. The van der Waals surface area contributed by atoms with E-state index in [0.717, 1.165) is 48.3 Å². The van der Waals surface area contributed by atoms with E-state index >= 15 is 0 Å². The Morgan fingerprint density at radius 3 is 1.95 bits per heavy atom. The molecule has 1 saturated heterocycles. The lowest BCUT2D eigenvalue weighted by Gasteiger charge is -2.37. The molecule has 3 N–H and O–H groups in total. The first-order valence-corrected chi connectivity index (χ1v) is 21.9. The summed E-state index contributed by atoms with van der Waals surface area (Å²) in [5.41, 5.74) is 2.81. The molecule has 55 heavy (non-hydrogen) atoms. The van der Waals surface area contributed by atoms with Gasteiger partial charge in [0.05, 0.1) is 23.9 Å². The molecule has 5 atom stereocenters. The summed E-state index contributed by atoms with van der Waals surface area (Å²) in [6.07, 6.45) is 4.62. The van der Waals surface area contributed by atoms with Crippen molar-refractivity contribution >= 4 is 41.5 Å². The smallest absolute Gasteiger partial charge is 0.407 e. The van der Waals surface area contributed by atoms with Gasteiger partial charge in [0, 0.05) is 24.9 Å². The maximum Gasteiger partial charge on any atom is 0.407 e. The predicted molar refractivity (Wildman–Crippen MR) is 228 cm³/mol. The van der Waals surface area contributed by atoms with Gasteiger partial charge in [-0.1, -0.05) is 111 Å². The number of nitrogens with zero attached hydrogens (tertiary/aromatic N) is 1. The van der Waals surface area contributed by atoms with Crippen LogP contribution in [0.2, 0.25) is 0 Å². The standard InChI is InChI=1S/C44H62N4O5S2/c1-8-32(2)38(30-48-27-18-25-39(48)40(49)47-37(26-28-54-7)41(50)52-6)45-29-36(46-42(51)53-43(3,4)5)31-55-44(33-19-12-9-13-20-33,34-21-14-10-15-22-34)35-23-16-11-17-24-35/h9-17,19-24,32,36-39,45H,8,18,25-31H2,1-7H3,(H,46,51)(H,47,49)/t32-,36+,37-,38+,39-/m0/s1. The molecule has 1 fully saturated rings. The van der Waals surface area contributed by atoms with Gasteiger partial charge in [-0.05, 0) is 81.2 Å². The average molecular weight is 791 g/mol. The Labute approximate surface area is 337 Å². The van der Waals surface area contributed by atoms with E-state index in [9.17, 15) is 14.4 Å². The summed E-state index contributed by atoms with van der Waals surface area (Å²) in [5.74, 6) is 1.08. The molecule has 1 heterocycles. The molecule has 0 spiro atoms. The summed E-state index contributed by atoms with van der Waals surface area (Å²) >= 11 is 3.43. The van der Waals surface area contributed by atoms with Crippen LogP contribution in [0.5, 0.6) is 0 Å². The number of ether oxygens (including phenoxy) is 2. The minimum absolute atomic E-state index is 0.0429. The Bertz CT molecular complexity index is 1510. The van der Waals surface area contributed by atoms with Crippen LogP contribution >= 0.6 is 23.5 Å². The third-order valence-corrected chi connectivity index (χ3v) is 12.6. The third-order valence-electron chi connectivity index (χ3n) is 10.2. The van der Waals surface area contributed by atoms with Gasteiger partial charge in [0.1, 0.15) is 11.6 Å². The van der Waals surface area contributed by atoms with Crippen LogP contribution < -0.4 is 16.0 Å². The van der Waals surface area contributed by atoms with Gasteiger partial charge in [0.2, 0.25) is 5.91 Å². The zero-order valence-corrected chi connectivity index (χ0v) is 35.3. The number of esters is 1. The van der Waals surface area contributed by atoms with Gasteiger partial charge in [-0.2, -0.15) is 11.8 Å². The van der Waals surface area contributed by atoms with Gasteiger partial charge >= 0.3 is 12.1 Å². The molecule has 3 aromatic rings. The van der Waals surface area contributed by atoms with Crippen LogP contribution in [0.4, 0.5) is 4.79 Å². The number of carbonyl (C=O) groups is 3. The number of carbonyl (C=O) groups excluding carboxylic acids is 3. The van der Waals surface area contributed by atoms with Gasteiger partial charge in [-0.3, -0.25) is 9.69 Å². The number of benzene rings is 3. The number of methoxy groups -OCH3 is 1. The molecule has 0 aromatic heterocycles. The Balaban J connectivity index is 1.60. The van der Waals surface area contributed by atoms with Crippen molar-refractivity contribution in [1.29, 1.82) is 0 Å². The topological polar surface area (TPSA) is 109 Å². The van der Waals surface area contributed by atoms with Crippen LogP contribution in [0, 0.1) is 5.92 Å². The minimum Gasteiger partial charge on any atom is -0.467 e. The van der Waals surface area contributed by atoms with Crippen molar-refractivity contribution in [2.24, 2.45) is 5.92 Å². The molecule has 0 bridgehead atoms. The Morgan fingerprint density at radius 1 is 0.891 bits per heavy atom. The van der Waals surface area contributed by atoms with Crippen molar-refractivity contribution in [1.82, 2.24) is 20.9 Å². The minimum atomic E-state index is -0.664. The Morgan fingerprint density at radius 2 is 1.45 bits per heavy atom. The van der Waals surface area contributed by atoms with E-state index in [4.69, 9.17) is 9.47 Å². The lowest BCUT2D eigenvalue weighted by atomic mass is 9.84. The van der Waals surface area contributed by atoms with Gasteiger partial charge < -0.3 is 25.4 Å². The lowest BCUT2D eigenvalue weighted by molar-refractivity contribution is -0.145. The fourth-order valence-corrected chi connectivity index (χ4v) is 9.16. The first-order valence-electron chi connectivity index (χ1n) is 19.6. The fourth-order valence-electron chi connectivity index (χ4n) is 7.13. The van der Waals surface area contributed by atoms with Gasteiger partial charge in [-0.15, -0.1) is 11.8 Å². The van der Waals surface area contributed by atoms with E-state index in [1.54, 1.807) is 23.5 Å². The van der Waals surface area contributed by atoms with Gasteiger partial charge in [0.25, 0.3) is 0 Å². The second-order valence-corrected chi connectivity index (χ2v) is 17.6. The van der Waals surface area contributed by atoms with E-state index < -0.39 is 28.5 Å². The fraction of sp³-hybridized carbons (Fsp3) is 0.523. The maximum absolute atomic E-state index is 13.7. The van der Waals surface area contributed by atoms with E-state index in [0.29, 0.717) is 31.2 Å². The second-order valence-electron chi connectivity index (χ2n) is 15.4. The molecule has 2 amide bonds. The number of nitrogens with one attached hydrogen (secondary N) is 3. The van der Waals surface area contributed by atoms with E-state index in [-0.39, 0.29) is 24.0 Å². The zero-order valence-electron chi connectivity index (χ0n) is 33.7. The van der Waals surface area contributed by atoms with Crippen molar-refractivity contribution < 1.29 is 23.9 Å². The number of hydrogen-bond donors (Lipinski definition) is 3. The van der Waals surface area contributed by atoms with Crippen LogP contribution in [0.1, 0.15) is 77.0 Å². The van der Waals surface area contributed by atoms with E-state index in [1.807, 2.05) is 45.2 Å². The van der Waals surface area contributed by atoms with Gasteiger partial charge in [-0.25, -0.2) is 9.59 Å². The van der Waals surface area contributed by atoms with Crippen molar-refractivity contribution in [3.05, 3.63) is 108 Å². The monoisotopic (exact) mass is 790 g/mol. The highest BCUT2D eigenvalue weighted by molar-refractivity contribution is 8.00. The first kappa shape index (κ1) is 44.2. The Kier molecular flexibility index (Phi) is 17.4. The summed E-state index contributed by atoms with van der Waals surface area (Å²) < 4.78 is 10.2. The molecule has 3 aromatic carbocycles. The van der Waals surface area contributed by atoms with Gasteiger partial charge in [0.15, 0.2) is 0 Å². The first-order chi connectivity index (χ1) is 26.4. The number of thioether (sulfide) groups is 2. The molecule has 0 saturated carbocycles.